The van der Waals surface area contributed by atoms with E-state index < -0.39 is 6.10 Å². The van der Waals surface area contributed by atoms with Crippen molar-refractivity contribution >= 4 is 11.8 Å². The number of esters is 1. The number of ether oxygens (including phenoxy) is 1. The molecule has 0 aliphatic heterocycles. The molecule has 0 heterocycles. The molecule has 3 fully saturated rings. The fraction of sp³-hybridized carbons (Fsp3) is 0.727. The SMILES string of the molecule is CC(=O)O[C@@H]1[C@@H](C)C[C@H]2[C@@H]3CCC4=CC(=O)C=C[C@]4(C)[C@H]3[C@@H](O)C[C@]12C. The zero-order valence-corrected chi connectivity index (χ0v) is 16.2. The highest BCUT2D eigenvalue weighted by atomic mass is 16.5. The predicted octanol–water partition coefficient (Wildman–Crippen LogP) is 3.44. The number of fused-ring (bicyclic) bond motifs is 5. The first-order valence-electron chi connectivity index (χ1n) is 9.96. The number of aliphatic hydroxyl groups is 1. The number of hydrogen-bond acceptors (Lipinski definition) is 4. The minimum atomic E-state index is -0.448. The van der Waals surface area contributed by atoms with Crippen LogP contribution in [0, 0.1) is 34.5 Å². The van der Waals surface area contributed by atoms with Crippen molar-refractivity contribution in [2.45, 2.75) is 65.6 Å². The third-order valence-electron chi connectivity index (χ3n) is 8.02. The zero-order valence-electron chi connectivity index (χ0n) is 16.2. The molecule has 0 aromatic heterocycles. The predicted molar refractivity (Wildman–Crippen MR) is 98.1 cm³/mol. The normalized spacial score (nSPS) is 49.7. The summed E-state index contributed by atoms with van der Waals surface area (Å²) in [5.74, 6) is 1.12. The van der Waals surface area contributed by atoms with Crippen molar-refractivity contribution in [1.82, 2.24) is 0 Å². The largest absolute Gasteiger partial charge is 0.462 e. The lowest BCUT2D eigenvalue weighted by Gasteiger charge is -2.58. The molecule has 0 aromatic rings. The molecule has 0 saturated heterocycles. The summed E-state index contributed by atoms with van der Waals surface area (Å²) >= 11 is 0. The van der Waals surface area contributed by atoms with E-state index in [0.717, 1.165) is 19.3 Å². The van der Waals surface area contributed by atoms with Crippen LogP contribution in [0.4, 0.5) is 0 Å². The molecule has 3 saturated carbocycles. The highest BCUT2D eigenvalue weighted by molar-refractivity contribution is 6.01. The van der Waals surface area contributed by atoms with Crippen LogP contribution in [0.1, 0.15) is 53.4 Å². The molecule has 0 amide bonds. The smallest absolute Gasteiger partial charge is 0.302 e. The quantitative estimate of drug-likeness (QED) is 0.729. The van der Waals surface area contributed by atoms with Gasteiger partial charge in [0.15, 0.2) is 5.78 Å². The Balaban J connectivity index is 1.71. The van der Waals surface area contributed by atoms with E-state index in [1.54, 1.807) is 12.2 Å². The third-order valence-corrected chi connectivity index (χ3v) is 8.02. The van der Waals surface area contributed by atoms with E-state index in [0.29, 0.717) is 24.2 Å². The second-order valence-electron chi connectivity index (χ2n) is 9.54. The molecule has 0 radical (unpaired) electrons. The lowest BCUT2D eigenvalue weighted by atomic mass is 9.47. The molecule has 0 unspecified atom stereocenters. The Labute approximate surface area is 155 Å². The molecular weight excluding hydrogens is 328 g/mol. The first-order chi connectivity index (χ1) is 12.2. The first kappa shape index (κ1) is 18.0. The van der Waals surface area contributed by atoms with Gasteiger partial charge in [-0.2, -0.15) is 0 Å². The van der Waals surface area contributed by atoms with Crippen molar-refractivity contribution in [3.05, 3.63) is 23.8 Å². The molecule has 4 rings (SSSR count). The number of hydrogen-bond donors (Lipinski definition) is 1. The van der Waals surface area contributed by atoms with Crippen LogP contribution < -0.4 is 0 Å². The average Bonchev–Trinajstić information content (AvgIpc) is 2.79. The Hall–Kier alpha value is -1.42. The van der Waals surface area contributed by atoms with Crippen LogP contribution in [0.2, 0.25) is 0 Å². The van der Waals surface area contributed by atoms with Crippen molar-refractivity contribution in [3.8, 4) is 0 Å². The van der Waals surface area contributed by atoms with Crippen molar-refractivity contribution in [1.29, 1.82) is 0 Å². The molecule has 4 aliphatic rings. The van der Waals surface area contributed by atoms with Crippen molar-refractivity contribution in [2.75, 3.05) is 0 Å². The van der Waals surface area contributed by atoms with Gasteiger partial charge in [0.25, 0.3) is 0 Å². The fourth-order valence-electron chi connectivity index (χ4n) is 7.08. The summed E-state index contributed by atoms with van der Waals surface area (Å²) in [6, 6.07) is 0. The van der Waals surface area contributed by atoms with Gasteiger partial charge >= 0.3 is 5.97 Å². The zero-order chi connectivity index (χ0) is 18.9. The topological polar surface area (TPSA) is 63.6 Å². The minimum Gasteiger partial charge on any atom is -0.462 e. The summed E-state index contributed by atoms with van der Waals surface area (Å²) in [4.78, 5) is 23.5. The molecule has 1 N–H and O–H groups in total. The Bertz CT molecular complexity index is 707. The van der Waals surface area contributed by atoms with Gasteiger partial charge in [-0.3, -0.25) is 9.59 Å². The number of rotatable bonds is 1. The van der Waals surface area contributed by atoms with Crippen LogP contribution in [0.5, 0.6) is 0 Å². The molecule has 4 heteroatoms. The summed E-state index contributed by atoms with van der Waals surface area (Å²) < 4.78 is 5.75. The fourth-order valence-corrected chi connectivity index (χ4v) is 7.08. The molecule has 142 valence electrons. The highest BCUT2D eigenvalue weighted by Crippen LogP contribution is 2.65. The van der Waals surface area contributed by atoms with E-state index in [2.05, 4.69) is 20.8 Å². The second kappa shape index (κ2) is 5.79. The van der Waals surface area contributed by atoms with Crippen molar-refractivity contribution in [3.63, 3.8) is 0 Å². The maximum atomic E-state index is 11.8. The van der Waals surface area contributed by atoms with Gasteiger partial charge in [0.1, 0.15) is 6.10 Å². The maximum absolute atomic E-state index is 11.8. The van der Waals surface area contributed by atoms with Gasteiger partial charge in [0, 0.05) is 23.7 Å². The minimum absolute atomic E-state index is 0.0653. The van der Waals surface area contributed by atoms with Gasteiger partial charge in [-0.15, -0.1) is 0 Å². The summed E-state index contributed by atoms with van der Waals surface area (Å²) in [5, 5.41) is 11.2. The van der Waals surface area contributed by atoms with Gasteiger partial charge < -0.3 is 9.84 Å². The number of carbonyl (C=O) groups excluding carboxylic acids is 2. The van der Waals surface area contributed by atoms with Gasteiger partial charge in [0.2, 0.25) is 0 Å². The lowest BCUT2D eigenvalue weighted by Crippen LogP contribution is -2.57. The Morgan fingerprint density at radius 1 is 1.35 bits per heavy atom. The molecular formula is C22H30O4. The summed E-state index contributed by atoms with van der Waals surface area (Å²) in [6.07, 6.45) is 8.55. The molecule has 0 bridgehead atoms. The van der Waals surface area contributed by atoms with Crippen LogP contribution in [-0.4, -0.2) is 29.1 Å². The van der Waals surface area contributed by atoms with E-state index in [-0.39, 0.29) is 34.6 Å². The van der Waals surface area contributed by atoms with Crippen LogP contribution in [-0.2, 0) is 14.3 Å². The summed E-state index contributed by atoms with van der Waals surface area (Å²) in [7, 11) is 0. The Morgan fingerprint density at radius 3 is 2.77 bits per heavy atom. The van der Waals surface area contributed by atoms with Crippen LogP contribution in [0.15, 0.2) is 23.8 Å². The van der Waals surface area contributed by atoms with E-state index in [9.17, 15) is 14.7 Å². The summed E-state index contributed by atoms with van der Waals surface area (Å²) in [6.45, 7) is 8.05. The van der Waals surface area contributed by atoms with Gasteiger partial charge in [-0.05, 0) is 55.6 Å². The third kappa shape index (κ3) is 2.37. The molecule has 4 nitrogen and oxygen atoms in total. The standard InChI is InChI=1S/C22H30O4/c1-12-9-17-16-6-5-14-10-15(24)7-8-21(14,3)19(16)18(25)11-22(17,4)20(12)26-13(2)23/h7-8,10,12,16-20,25H,5-6,9,11H2,1-4H3/t12-,16-,17-,18-,19+,20+,21-,22-/m0/s1. The van der Waals surface area contributed by atoms with Crippen LogP contribution in [0.3, 0.4) is 0 Å². The van der Waals surface area contributed by atoms with Gasteiger partial charge in [-0.25, -0.2) is 0 Å². The molecule has 4 aliphatic carbocycles. The Morgan fingerprint density at radius 2 is 2.08 bits per heavy atom. The van der Waals surface area contributed by atoms with E-state index in [1.165, 1.54) is 12.5 Å². The van der Waals surface area contributed by atoms with E-state index in [4.69, 9.17) is 4.74 Å². The molecule has 0 spiro atoms. The second-order valence-corrected chi connectivity index (χ2v) is 9.54. The molecule has 8 atom stereocenters. The lowest BCUT2D eigenvalue weighted by molar-refractivity contribution is -0.168. The maximum Gasteiger partial charge on any atom is 0.302 e. The Kier molecular flexibility index (Phi) is 4.00. The van der Waals surface area contributed by atoms with Gasteiger partial charge in [-0.1, -0.05) is 32.4 Å². The van der Waals surface area contributed by atoms with Crippen LogP contribution >= 0.6 is 0 Å². The van der Waals surface area contributed by atoms with Crippen LogP contribution in [0.25, 0.3) is 0 Å². The number of ketones is 1. The molecule has 0 aromatic carbocycles. The molecule has 26 heavy (non-hydrogen) atoms. The monoisotopic (exact) mass is 358 g/mol. The van der Waals surface area contributed by atoms with Crippen molar-refractivity contribution < 1.29 is 19.4 Å². The summed E-state index contributed by atoms with van der Waals surface area (Å²) in [5.41, 5.74) is 0.772. The number of carbonyl (C=O) groups is 2. The number of allylic oxidation sites excluding steroid dienone is 4. The van der Waals surface area contributed by atoms with Crippen molar-refractivity contribution in [2.24, 2.45) is 34.5 Å². The van der Waals surface area contributed by atoms with E-state index in [1.807, 2.05) is 6.08 Å². The van der Waals surface area contributed by atoms with Gasteiger partial charge in [0.05, 0.1) is 6.10 Å². The first-order valence-corrected chi connectivity index (χ1v) is 9.96. The average molecular weight is 358 g/mol. The number of aliphatic hydroxyl groups excluding tert-OH is 1. The highest BCUT2D eigenvalue weighted by Gasteiger charge is 2.64. The van der Waals surface area contributed by atoms with E-state index >= 15 is 0 Å².